The van der Waals surface area contributed by atoms with E-state index in [-0.39, 0.29) is 12.0 Å². The largest absolute Gasteiger partial charge is 0.465 e. The van der Waals surface area contributed by atoms with Crippen molar-refractivity contribution in [1.82, 2.24) is 9.97 Å². The molecule has 0 bridgehead atoms. The van der Waals surface area contributed by atoms with E-state index in [1.165, 1.54) is 13.2 Å². The van der Waals surface area contributed by atoms with Gasteiger partial charge in [0.1, 0.15) is 6.33 Å². The monoisotopic (exact) mass is 279 g/mol. The number of nitrogens with two attached hydrogens (primary N) is 1. The standard InChI is InChI=1S/C11H16F3N3O2/c1-6(18-3)10(15)8-4-9(17-5-16-8)19-7(2)11(12,13)14/h4-7,10H,15H2,1-3H3/t6-,7+,10-/m0/s1. The molecule has 0 spiro atoms. The Morgan fingerprint density at radius 1 is 1.26 bits per heavy atom. The lowest BCUT2D eigenvalue weighted by Crippen LogP contribution is -2.31. The van der Waals surface area contributed by atoms with Crippen molar-refractivity contribution in [2.45, 2.75) is 38.3 Å². The van der Waals surface area contributed by atoms with Crippen LogP contribution in [0, 0.1) is 0 Å². The molecule has 0 aliphatic carbocycles. The van der Waals surface area contributed by atoms with Crippen molar-refractivity contribution < 1.29 is 22.6 Å². The van der Waals surface area contributed by atoms with Gasteiger partial charge < -0.3 is 15.2 Å². The van der Waals surface area contributed by atoms with Crippen LogP contribution in [0.1, 0.15) is 25.6 Å². The van der Waals surface area contributed by atoms with E-state index in [0.29, 0.717) is 5.69 Å². The maximum Gasteiger partial charge on any atom is 0.425 e. The fourth-order valence-electron chi connectivity index (χ4n) is 1.24. The number of methoxy groups -OCH3 is 1. The zero-order valence-corrected chi connectivity index (χ0v) is 10.8. The molecule has 0 saturated heterocycles. The molecule has 0 fully saturated rings. The Morgan fingerprint density at radius 3 is 2.42 bits per heavy atom. The van der Waals surface area contributed by atoms with E-state index in [2.05, 4.69) is 9.97 Å². The lowest BCUT2D eigenvalue weighted by molar-refractivity contribution is -0.190. The van der Waals surface area contributed by atoms with Gasteiger partial charge in [0.15, 0.2) is 6.10 Å². The number of alkyl halides is 3. The van der Waals surface area contributed by atoms with Gasteiger partial charge in [0.05, 0.1) is 17.8 Å². The first kappa shape index (κ1) is 15.6. The molecule has 0 aliphatic rings. The average molecular weight is 279 g/mol. The molecule has 0 unspecified atom stereocenters. The molecule has 0 aliphatic heterocycles. The number of nitrogens with zero attached hydrogens (tertiary/aromatic N) is 2. The average Bonchev–Trinajstić information content (AvgIpc) is 2.36. The predicted octanol–water partition coefficient (Wildman–Crippen LogP) is 1.84. The number of rotatable bonds is 5. The highest BCUT2D eigenvalue weighted by molar-refractivity contribution is 5.17. The highest BCUT2D eigenvalue weighted by atomic mass is 19.4. The highest BCUT2D eigenvalue weighted by Crippen LogP contribution is 2.25. The summed E-state index contributed by atoms with van der Waals surface area (Å²) in [6.07, 6.45) is -5.63. The molecular weight excluding hydrogens is 263 g/mol. The summed E-state index contributed by atoms with van der Waals surface area (Å²) in [6.45, 7) is 2.63. The molecule has 1 aromatic heterocycles. The fourth-order valence-corrected chi connectivity index (χ4v) is 1.24. The van der Waals surface area contributed by atoms with Crippen LogP contribution >= 0.6 is 0 Å². The van der Waals surface area contributed by atoms with Crippen LogP contribution in [0.15, 0.2) is 12.4 Å². The molecule has 0 aromatic carbocycles. The van der Waals surface area contributed by atoms with Crippen LogP contribution in [-0.4, -0.2) is 35.5 Å². The minimum atomic E-state index is -4.45. The van der Waals surface area contributed by atoms with Crippen LogP contribution in [0.5, 0.6) is 5.88 Å². The second-order valence-electron chi connectivity index (χ2n) is 4.05. The minimum absolute atomic E-state index is 0.173. The number of halogens is 3. The Kier molecular flexibility index (Phi) is 5.07. The summed E-state index contributed by atoms with van der Waals surface area (Å²) in [4.78, 5) is 7.53. The molecular formula is C11H16F3N3O2. The van der Waals surface area contributed by atoms with Crippen molar-refractivity contribution in [3.63, 3.8) is 0 Å². The number of hydrogen-bond acceptors (Lipinski definition) is 5. The van der Waals surface area contributed by atoms with E-state index in [0.717, 1.165) is 13.3 Å². The van der Waals surface area contributed by atoms with Crippen molar-refractivity contribution in [2.24, 2.45) is 5.73 Å². The quantitative estimate of drug-likeness (QED) is 0.890. The third kappa shape index (κ3) is 4.32. The van der Waals surface area contributed by atoms with Crippen molar-refractivity contribution in [3.8, 4) is 5.88 Å². The van der Waals surface area contributed by atoms with E-state index < -0.39 is 18.3 Å². The van der Waals surface area contributed by atoms with Gasteiger partial charge in [-0.15, -0.1) is 0 Å². The van der Waals surface area contributed by atoms with E-state index in [1.807, 2.05) is 0 Å². The van der Waals surface area contributed by atoms with Crippen LogP contribution in [-0.2, 0) is 4.74 Å². The normalized spacial score (nSPS) is 16.8. The Balaban J connectivity index is 2.83. The highest BCUT2D eigenvalue weighted by Gasteiger charge is 2.38. The van der Waals surface area contributed by atoms with Crippen LogP contribution < -0.4 is 10.5 Å². The Bertz CT molecular complexity index is 414. The predicted molar refractivity (Wildman–Crippen MR) is 61.6 cm³/mol. The molecule has 8 heteroatoms. The fraction of sp³-hybridized carbons (Fsp3) is 0.636. The maximum atomic E-state index is 12.4. The van der Waals surface area contributed by atoms with E-state index >= 15 is 0 Å². The van der Waals surface area contributed by atoms with Crippen molar-refractivity contribution in [3.05, 3.63) is 18.1 Å². The topological polar surface area (TPSA) is 70.3 Å². The summed E-state index contributed by atoms with van der Waals surface area (Å²) in [5.74, 6) is -0.173. The Morgan fingerprint density at radius 2 is 1.89 bits per heavy atom. The van der Waals surface area contributed by atoms with Gasteiger partial charge in [-0.2, -0.15) is 13.2 Å². The van der Waals surface area contributed by atoms with Gasteiger partial charge in [0.25, 0.3) is 0 Å². The summed E-state index contributed by atoms with van der Waals surface area (Å²) in [7, 11) is 1.48. The lowest BCUT2D eigenvalue weighted by atomic mass is 10.1. The molecule has 2 N–H and O–H groups in total. The van der Waals surface area contributed by atoms with Gasteiger partial charge in [0, 0.05) is 13.2 Å². The molecule has 1 rings (SSSR count). The molecule has 0 saturated carbocycles. The zero-order valence-electron chi connectivity index (χ0n) is 10.8. The molecule has 5 nitrogen and oxygen atoms in total. The first-order valence-corrected chi connectivity index (χ1v) is 5.59. The third-order valence-electron chi connectivity index (χ3n) is 2.64. The van der Waals surface area contributed by atoms with Crippen molar-refractivity contribution in [1.29, 1.82) is 0 Å². The molecule has 0 radical (unpaired) electrons. The molecule has 1 heterocycles. The summed E-state index contributed by atoms with van der Waals surface area (Å²) in [5.41, 5.74) is 6.20. The summed E-state index contributed by atoms with van der Waals surface area (Å²) >= 11 is 0. The number of ether oxygens (including phenoxy) is 2. The SMILES string of the molecule is CO[C@@H](C)[C@H](N)c1cc(O[C@H](C)C(F)(F)F)ncn1. The number of aromatic nitrogens is 2. The van der Waals surface area contributed by atoms with Crippen LogP contribution in [0.3, 0.4) is 0 Å². The molecule has 108 valence electrons. The summed E-state index contributed by atoms with van der Waals surface area (Å²) in [5, 5.41) is 0. The summed E-state index contributed by atoms with van der Waals surface area (Å²) < 4.78 is 46.8. The second kappa shape index (κ2) is 6.16. The molecule has 1 aromatic rings. The summed E-state index contributed by atoms with van der Waals surface area (Å²) in [6, 6.07) is 0.708. The first-order valence-electron chi connectivity index (χ1n) is 5.59. The van der Waals surface area contributed by atoms with Crippen LogP contribution in [0.4, 0.5) is 13.2 Å². The van der Waals surface area contributed by atoms with Gasteiger partial charge >= 0.3 is 6.18 Å². The molecule has 19 heavy (non-hydrogen) atoms. The van der Waals surface area contributed by atoms with E-state index in [4.69, 9.17) is 15.2 Å². The van der Waals surface area contributed by atoms with Crippen LogP contribution in [0.25, 0.3) is 0 Å². The van der Waals surface area contributed by atoms with Gasteiger partial charge in [-0.05, 0) is 13.8 Å². The first-order chi connectivity index (χ1) is 8.75. The Labute approximate surface area is 108 Å². The molecule has 3 atom stereocenters. The van der Waals surface area contributed by atoms with Gasteiger partial charge in [-0.25, -0.2) is 9.97 Å². The minimum Gasteiger partial charge on any atom is -0.465 e. The number of hydrogen-bond donors (Lipinski definition) is 1. The lowest BCUT2D eigenvalue weighted by Gasteiger charge is -2.20. The van der Waals surface area contributed by atoms with Gasteiger partial charge in [0.2, 0.25) is 5.88 Å². The van der Waals surface area contributed by atoms with Gasteiger partial charge in [-0.1, -0.05) is 0 Å². The van der Waals surface area contributed by atoms with Crippen LogP contribution in [0.2, 0.25) is 0 Å². The third-order valence-corrected chi connectivity index (χ3v) is 2.64. The zero-order chi connectivity index (χ0) is 14.6. The second-order valence-corrected chi connectivity index (χ2v) is 4.05. The van der Waals surface area contributed by atoms with E-state index in [9.17, 15) is 13.2 Å². The van der Waals surface area contributed by atoms with Gasteiger partial charge in [-0.3, -0.25) is 0 Å². The smallest absolute Gasteiger partial charge is 0.425 e. The van der Waals surface area contributed by atoms with E-state index in [1.54, 1.807) is 6.92 Å². The Hall–Kier alpha value is -1.41. The van der Waals surface area contributed by atoms with Crippen molar-refractivity contribution >= 4 is 0 Å². The molecule has 0 amide bonds. The van der Waals surface area contributed by atoms with Crippen molar-refractivity contribution in [2.75, 3.05) is 7.11 Å². The maximum absolute atomic E-state index is 12.4.